The van der Waals surface area contributed by atoms with Gasteiger partial charge in [-0.2, -0.15) is 0 Å². The molecule has 1 rings (SSSR count). The van der Waals surface area contributed by atoms with Gasteiger partial charge in [-0.05, 0) is 36.7 Å². The Labute approximate surface area is 107 Å². The van der Waals surface area contributed by atoms with Gasteiger partial charge in [-0.1, -0.05) is 41.9 Å². The van der Waals surface area contributed by atoms with Crippen molar-refractivity contribution < 1.29 is 4.74 Å². The highest BCUT2D eigenvalue weighted by Crippen LogP contribution is 2.11. The summed E-state index contributed by atoms with van der Waals surface area (Å²) in [6, 6.07) is 8.25. The molecule has 2 nitrogen and oxygen atoms in total. The van der Waals surface area contributed by atoms with Gasteiger partial charge in [0.05, 0.1) is 13.2 Å². The second-order valence-electron chi connectivity index (χ2n) is 4.05. The predicted molar refractivity (Wildman–Crippen MR) is 71.5 cm³/mol. The van der Waals surface area contributed by atoms with E-state index in [1.54, 1.807) is 0 Å². The molecule has 0 spiro atoms. The lowest BCUT2D eigenvalue weighted by molar-refractivity contribution is 0.0920. The van der Waals surface area contributed by atoms with Crippen molar-refractivity contribution in [2.75, 3.05) is 19.7 Å². The minimum Gasteiger partial charge on any atom is -0.376 e. The standard InChI is InChI=1S/C13H20BrNO/c1-3-15-8-11(2)9-16-10-12-4-6-13(14)7-5-12/h4-7,11,15H,3,8-10H2,1-2H3. The highest BCUT2D eigenvalue weighted by molar-refractivity contribution is 9.10. The van der Waals surface area contributed by atoms with Crippen LogP contribution in [0.4, 0.5) is 0 Å². The molecule has 0 saturated carbocycles. The van der Waals surface area contributed by atoms with Crippen molar-refractivity contribution >= 4 is 15.9 Å². The van der Waals surface area contributed by atoms with E-state index in [1.807, 2.05) is 12.1 Å². The summed E-state index contributed by atoms with van der Waals surface area (Å²) in [7, 11) is 0. The first kappa shape index (κ1) is 13.7. The lowest BCUT2D eigenvalue weighted by Crippen LogP contribution is -2.23. The van der Waals surface area contributed by atoms with Gasteiger partial charge in [0.15, 0.2) is 0 Å². The van der Waals surface area contributed by atoms with E-state index in [4.69, 9.17) is 4.74 Å². The number of rotatable bonds is 7. The summed E-state index contributed by atoms with van der Waals surface area (Å²) in [6.45, 7) is 7.88. The van der Waals surface area contributed by atoms with Crippen LogP contribution in [-0.4, -0.2) is 19.7 Å². The normalized spacial score (nSPS) is 12.7. The molecule has 1 unspecified atom stereocenters. The summed E-state index contributed by atoms with van der Waals surface area (Å²) in [5.74, 6) is 0.565. The SMILES string of the molecule is CCNCC(C)COCc1ccc(Br)cc1. The van der Waals surface area contributed by atoms with E-state index in [0.717, 1.165) is 24.2 Å². The summed E-state index contributed by atoms with van der Waals surface area (Å²) < 4.78 is 6.77. The number of benzene rings is 1. The number of ether oxygens (including phenoxy) is 1. The molecule has 0 aliphatic carbocycles. The summed E-state index contributed by atoms with van der Waals surface area (Å²) in [4.78, 5) is 0. The van der Waals surface area contributed by atoms with Crippen LogP contribution in [-0.2, 0) is 11.3 Å². The zero-order chi connectivity index (χ0) is 11.8. The van der Waals surface area contributed by atoms with Crippen LogP contribution in [0.25, 0.3) is 0 Å². The van der Waals surface area contributed by atoms with Gasteiger partial charge in [-0.3, -0.25) is 0 Å². The van der Waals surface area contributed by atoms with Crippen LogP contribution >= 0.6 is 15.9 Å². The zero-order valence-corrected chi connectivity index (χ0v) is 11.6. The fraction of sp³-hybridized carbons (Fsp3) is 0.538. The molecule has 0 aliphatic heterocycles. The molecule has 0 aliphatic rings. The van der Waals surface area contributed by atoms with E-state index in [0.29, 0.717) is 12.5 Å². The van der Waals surface area contributed by atoms with Crippen molar-refractivity contribution in [3.05, 3.63) is 34.3 Å². The maximum absolute atomic E-state index is 5.66. The predicted octanol–water partition coefficient (Wildman–Crippen LogP) is 3.21. The maximum atomic E-state index is 5.66. The van der Waals surface area contributed by atoms with Gasteiger partial charge < -0.3 is 10.1 Å². The van der Waals surface area contributed by atoms with Gasteiger partial charge >= 0.3 is 0 Å². The lowest BCUT2D eigenvalue weighted by Gasteiger charge is -2.12. The third-order valence-electron chi connectivity index (χ3n) is 2.33. The average Bonchev–Trinajstić information content (AvgIpc) is 2.29. The largest absolute Gasteiger partial charge is 0.376 e. The quantitative estimate of drug-likeness (QED) is 0.831. The van der Waals surface area contributed by atoms with Crippen LogP contribution < -0.4 is 5.32 Å². The number of halogens is 1. The third-order valence-corrected chi connectivity index (χ3v) is 2.86. The Bertz CT molecular complexity index is 286. The summed E-state index contributed by atoms with van der Waals surface area (Å²) in [5, 5.41) is 3.32. The fourth-order valence-corrected chi connectivity index (χ4v) is 1.67. The van der Waals surface area contributed by atoms with Crippen molar-refractivity contribution in [1.29, 1.82) is 0 Å². The monoisotopic (exact) mass is 285 g/mol. The molecule has 0 heterocycles. The topological polar surface area (TPSA) is 21.3 Å². The highest BCUT2D eigenvalue weighted by atomic mass is 79.9. The van der Waals surface area contributed by atoms with Crippen molar-refractivity contribution in [3.8, 4) is 0 Å². The minimum absolute atomic E-state index is 0.565. The third kappa shape index (κ3) is 5.64. The van der Waals surface area contributed by atoms with Crippen LogP contribution in [0.3, 0.4) is 0 Å². The molecular formula is C13H20BrNO. The van der Waals surface area contributed by atoms with Crippen LogP contribution in [0.5, 0.6) is 0 Å². The van der Waals surface area contributed by atoms with Gasteiger partial charge in [0.1, 0.15) is 0 Å². The zero-order valence-electron chi connectivity index (χ0n) is 10.0. The Morgan fingerprint density at radius 3 is 2.62 bits per heavy atom. The van der Waals surface area contributed by atoms with E-state index in [-0.39, 0.29) is 0 Å². The number of hydrogen-bond donors (Lipinski definition) is 1. The first-order valence-corrected chi connectivity index (χ1v) is 6.54. The summed E-state index contributed by atoms with van der Waals surface area (Å²) in [6.07, 6.45) is 0. The van der Waals surface area contributed by atoms with Crippen LogP contribution in [0.15, 0.2) is 28.7 Å². The molecule has 3 heteroatoms. The van der Waals surface area contributed by atoms with Gasteiger partial charge in [0.25, 0.3) is 0 Å². The Balaban J connectivity index is 2.17. The van der Waals surface area contributed by atoms with Gasteiger partial charge in [-0.25, -0.2) is 0 Å². The molecule has 0 radical (unpaired) electrons. The highest BCUT2D eigenvalue weighted by Gasteiger charge is 2.01. The van der Waals surface area contributed by atoms with Crippen molar-refractivity contribution in [1.82, 2.24) is 5.32 Å². The van der Waals surface area contributed by atoms with E-state index in [1.165, 1.54) is 5.56 Å². The van der Waals surface area contributed by atoms with Crippen molar-refractivity contribution in [3.63, 3.8) is 0 Å². The molecule has 0 saturated heterocycles. The first-order valence-electron chi connectivity index (χ1n) is 5.75. The Morgan fingerprint density at radius 2 is 2.00 bits per heavy atom. The first-order chi connectivity index (χ1) is 7.72. The van der Waals surface area contributed by atoms with Gasteiger partial charge in [0.2, 0.25) is 0 Å². The molecule has 0 fully saturated rings. The van der Waals surface area contributed by atoms with Gasteiger partial charge in [0, 0.05) is 4.47 Å². The molecule has 1 N–H and O–H groups in total. The fourth-order valence-electron chi connectivity index (χ4n) is 1.41. The molecule has 1 atom stereocenters. The second kappa shape index (κ2) is 7.82. The van der Waals surface area contributed by atoms with Crippen LogP contribution in [0, 0.1) is 5.92 Å². The maximum Gasteiger partial charge on any atom is 0.0717 e. The molecule has 1 aromatic rings. The molecule has 0 bridgehead atoms. The number of nitrogens with one attached hydrogen (secondary N) is 1. The van der Waals surface area contributed by atoms with Crippen molar-refractivity contribution in [2.24, 2.45) is 5.92 Å². The molecule has 16 heavy (non-hydrogen) atoms. The van der Waals surface area contributed by atoms with E-state index < -0.39 is 0 Å². The van der Waals surface area contributed by atoms with E-state index >= 15 is 0 Å². The van der Waals surface area contributed by atoms with E-state index in [2.05, 4.69) is 47.2 Å². The summed E-state index contributed by atoms with van der Waals surface area (Å²) in [5.41, 5.74) is 1.22. The second-order valence-corrected chi connectivity index (χ2v) is 4.97. The number of hydrogen-bond acceptors (Lipinski definition) is 2. The van der Waals surface area contributed by atoms with Crippen molar-refractivity contribution in [2.45, 2.75) is 20.5 Å². The lowest BCUT2D eigenvalue weighted by atomic mass is 10.2. The Morgan fingerprint density at radius 1 is 1.31 bits per heavy atom. The smallest absolute Gasteiger partial charge is 0.0717 e. The minimum atomic E-state index is 0.565. The molecule has 0 aromatic heterocycles. The van der Waals surface area contributed by atoms with E-state index in [9.17, 15) is 0 Å². The van der Waals surface area contributed by atoms with Crippen LogP contribution in [0.2, 0.25) is 0 Å². The Hall–Kier alpha value is -0.380. The van der Waals surface area contributed by atoms with Crippen LogP contribution in [0.1, 0.15) is 19.4 Å². The Kier molecular flexibility index (Phi) is 6.69. The molecule has 1 aromatic carbocycles. The molecule has 0 amide bonds. The molecular weight excluding hydrogens is 266 g/mol. The molecule has 90 valence electrons. The summed E-state index contributed by atoms with van der Waals surface area (Å²) >= 11 is 3.42. The van der Waals surface area contributed by atoms with Gasteiger partial charge in [-0.15, -0.1) is 0 Å². The average molecular weight is 286 g/mol.